The number of carbonyl (C=O) groups is 1. The fourth-order valence-corrected chi connectivity index (χ4v) is 5.22. The second-order valence-corrected chi connectivity index (χ2v) is 8.51. The average Bonchev–Trinajstić information content (AvgIpc) is 3.42. The number of Topliss-reactive ketones (excluding diaryl/α,β-unsaturated/α-hetero) is 1. The van der Waals surface area contributed by atoms with Gasteiger partial charge in [-0.15, -0.1) is 11.3 Å². The molecule has 3 heterocycles. The predicted octanol–water partition coefficient (Wildman–Crippen LogP) is 4.29. The lowest BCUT2D eigenvalue weighted by Crippen LogP contribution is -2.31. The maximum atomic E-state index is 13.3. The summed E-state index contributed by atoms with van der Waals surface area (Å²) >= 11 is 1.68. The molecule has 0 radical (unpaired) electrons. The zero-order valence-electron chi connectivity index (χ0n) is 16.2. The van der Waals surface area contributed by atoms with E-state index in [0.29, 0.717) is 30.0 Å². The van der Waals surface area contributed by atoms with Gasteiger partial charge in [-0.05, 0) is 35.6 Å². The van der Waals surface area contributed by atoms with Crippen molar-refractivity contribution in [2.24, 2.45) is 0 Å². The molecule has 1 aromatic carbocycles. The van der Waals surface area contributed by atoms with Crippen molar-refractivity contribution in [3.8, 4) is 5.75 Å². The van der Waals surface area contributed by atoms with Gasteiger partial charge in [0, 0.05) is 34.4 Å². The number of allylic oxidation sites excluding steroid dienone is 2. The molecule has 0 saturated heterocycles. The molecule has 1 aliphatic carbocycles. The Morgan fingerprint density at radius 1 is 1.13 bits per heavy atom. The molecule has 152 valence electrons. The topological polar surface area (TPSA) is 87.0 Å². The summed E-state index contributed by atoms with van der Waals surface area (Å²) in [5.74, 6) is 1.20. The summed E-state index contributed by atoms with van der Waals surface area (Å²) in [7, 11) is 0. The molecule has 3 N–H and O–H groups in total. The van der Waals surface area contributed by atoms with Crippen LogP contribution in [0.5, 0.6) is 5.75 Å². The minimum atomic E-state index is -0.406. The number of carbonyl (C=O) groups excluding carboxylic acids is 1. The van der Waals surface area contributed by atoms with Gasteiger partial charge in [-0.2, -0.15) is 0 Å². The highest BCUT2D eigenvalue weighted by atomic mass is 32.1. The van der Waals surface area contributed by atoms with Crippen LogP contribution in [0.4, 0.5) is 5.82 Å². The SMILES string of the molecule is C=CCOc1ccc(C2C3=C(CC(c4cccs4)CC3=O)Nc3[nH][nH]c(=O)c32)cc1. The number of H-pyrrole nitrogens is 2. The highest BCUT2D eigenvalue weighted by Crippen LogP contribution is 2.47. The van der Waals surface area contributed by atoms with E-state index >= 15 is 0 Å². The minimum Gasteiger partial charge on any atom is -0.490 e. The molecule has 6 nitrogen and oxygen atoms in total. The standard InChI is InChI=1S/C23H21N3O3S/c1-2-9-29-15-7-5-13(6-8-15)19-20-16(24-22-21(19)23(28)26-25-22)11-14(12-17(20)27)18-4-3-10-30-18/h2-8,10,14,19H,1,9,11-12H2,(H3,24,25,26,28). The molecule has 3 aromatic rings. The summed E-state index contributed by atoms with van der Waals surface area (Å²) in [4.78, 5) is 27.1. The number of benzene rings is 1. The quantitative estimate of drug-likeness (QED) is 0.539. The first kappa shape index (κ1) is 18.7. The molecule has 0 saturated carbocycles. The van der Waals surface area contributed by atoms with E-state index in [2.05, 4.69) is 28.2 Å². The second kappa shape index (κ2) is 7.50. The van der Waals surface area contributed by atoms with Crippen LogP contribution >= 0.6 is 11.3 Å². The summed E-state index contributed by atoms with van der Waals surface area (Å²) in [6.07, 6.45) is 2.88. The molecule has 1 aliphatic heterocycles. The average molecular weight is 420 g/mol. The van der Waals surface area contributed by atoms with Gasteiger partial charge in [0.25, 0.3) is 5.56 Å². The number of rotatable bonds is 5. The van der Waals surface area contributed by atoms with Crippen molar-refractivity contribution in [2.75, 3.05) is 11.9 Å². The first-order valence-corrected chi connectivity index (χ1v) is 10.7. The Morgan fingerprint density at radius 3 is 2.70 bits per heavy atom. The highest BCUT2D eigenvalue weighted by molar-refractivity contribution is 7.10. The normalized spacial score (nSPS) is 20.3. The van der Waals surface area contributed by atoms with Crippen LogP contribution in [0.3, 0.4) is 0 Å². The highest BCUT2D eigenvalue weighted by Gasteiger charge is 2.40. The fourth-order valence-electron chi connectivity index (χ4n) is 4.39. The van der Waals surface area contributed by atoms with E-state index in [1.165, 1.54) is 4.88 Å². The van der Waals surface area contributed by atoms with E-state index in [1.807, 2.05) is 35.7 Å². The summed E-state index contributed by atoms with van der Waals surface area (Å²) < 4.78 is 5.58. The van der Waals surface area contributed by atoms with Crippen LogP contribution in [0, 0.1) is 0 Å². The molecule has 2 unspecified atom stereocenters. The second-order valence-electron chi connectivity index (χ2n) is 7.53. The van der Waals surface area contributed by atoms with Gasteiger partial charge in [0.05, 0.1) is 5.56 Å². The lowest BCUT2D eigenvalue weighted by Gasteiger charge is -2.34. The van der Waals surface area contributed by atoms with Crippen LogP contribution in [0.15, 0.2) is 70.5 Å². The third kappa shape index (κ3) is 3.11. The number of ketones is 1. The molecular weight excluding hydrogens is 398 g/mol. The molecule has 2 aliphatic rings. The lowest BCUT2D eigenvalue weighted by molar-refractivity contribution is -0.116. The number of nitrogens with one attached hydrogen (secondary N) is 3. The molecule has 7 heteroatoms. The van der Waals surface area contributed by atoms with E-state index in [-0.39, 0.29) is 17.3 Å². The fraction of sp³-hybridized carbons (Fsp3) is 0.217. The number of aromatic amines is 2. The third-order valence-electron chi connectivity index (χ3n) is 5.70. The van der Waals surface area contributed by atoms with E-state index in [9.17, 15) is 9.59 Å². The van der Waals surface area contributed by atoms with E-state index in [4.69, 9.17) is 4.74 Å². The van der Waals surface area contributed by atoms with Gasteiger partial charge < -0.3 is 10.1 Å². The number of ether oxygens (including phenoxy) is 1. The van der Waals surface area contributed by atoms with Gasteiger partial charge in [0.1, 0.15) is 18.2 Å². The van der Waals surface area contributed by atoms with Gasteiger partial charge in [-0.25, -0.2) is 0 Å². The predicted molar refractivity (Wildman–Crippen MR) is 117 cm³/mol. The maximum Gasteiger partial charge on any atom is 0.270 e. The van der Waals surface area contributed by atoms with Gasteiger partial charge in [0.2, 0.25) is 0 Å². The Bertz CT molecular complexity index is 1190. The number of hydrogen-bond donors (Lipinski definition) is 3. The van der Waals surface area contributed by atoms with Gasteiger partial charge in [-0.3, -0.25) is 19.8 Å². The Hall–Kier alpha value is -3.32. The van der Waals surface area contributed by atoms with E-state index in [0.717, 1.165) is 23.4 Å². The van der Waals surface area contributed by atoms with Crippen molar-refractivity contribution >= 4 is 22.9 Å². The van der Waals surface area contributed by atoms with Crippen molar-refractivity contribution < 1.29 is 9.53 Å². The smallest absolute Gasteiger partial charge is 0.270 e. The molecule has 0 spiro atoms. The molecule has 5 rings (SSSR count). The molecule has 30 heavy (non-hydrogen) atoms. The molecule has 0 fully saturated rings. The lowest BCUT2D eigenvalue weighted by atomic mass is 9.74. The van der Waals surface area contributed by atoms with Crippen molar-refractivity contribution in [3.05, 3.63) is 92.1 Å². The van der Waals surface area contributed by atoms with Crippen LogP contribution in [0.1, 0.15) is 40.7 Å². The van der Waals surface area contributed by atoms with Crippen LogP contribution in [-0.2, 0) is 4.79 Å². The Morgan fingerprint density at radius 2 is 1.97 bits per heavy atom. The summed E-state index contributed by atoms with van der Waals surface area (Å²) in [6, 6.07) is 11.7. The molecular formula is C23H21N3O3S. The van der Waals surface area contributed by atoms with Crippen molar-refractivity contribution in [3.63, 3.8) is 0 Å². The Kier molecular flexibility index (Phi) is 4.67. The van der Waals surface area contributed by atoms with Crippen LogP contribution in [0.2, 0.25) is 0 Å². The molecule has 0 amide bonds. The zero-order chi connectivity index (χ0) is 20.7. The number of fused-ring (bicyclic) bond motifs is 1. The number of hydrogen-bond acceptors (Lipinski definition) is 5. The molecule has 0 bridgehead atoms. The van der Waals surface area contributed by atoms with Crippen LogP contribution in [0.25, 0.3) is 0 Å². The maximum absolute atomic E-state index is 13.3. The first-order valence-electron chi connectivity index (χ1n) is 9.86. The Balaban J connectivity index is 1.57. The third-order valence-corrected chi connectivity index (χ3v) is 6.74. The van der Waals surface area contributed by atoms with Crippen molar-refractivity contribution in [2.45, 2.75) is 24.7 Å². The van der Waals surface area contributed by atoms with Crippen molar-refractivity contribution in [1.29, 1.82) is 0 Å². The summed E-state index contributed by atoms with van der Waals surface area (Å²) in [6.45, 7) is 4.08. The summed E-state index contributed by atoms with van der Waals surface area (Å²) in [5, 5.41) is 11.0. The molecule has 2 aromatic heterocycles. The largest absolute Gasteiger partial charge is 0.490 e. The van der Waals surface area contributed by atoms with Crippen LogP contribution in [-0.4, -0.2) is 22.6 Å². The number of thiophene rings is 1. The van der Waals surface area contributed by atoms with Gasteiger partial charge in [-0.1, -0.05) is 30.9 Å². The monoisotopic (exact) mass is 419 g/mol. The number of anilines is 1. The van der Waals surface area contributed by atoms with E-state index < -0.39 is 5.92 Å². The summed E-state index contributed by atoms with van der Waals surface area (Å²) in [5.41, 5.74) is 2.82. The van der Waals surface area contributed by atoms with Crippen molar-refractivity contribution in [1.82, 2.24) is 10.2 Å². The Labute approximate surface area is 177 Å². The van der Waals surface area contributed by atoms with E-state index in [1.54, 1.807) is 17.4 Å². The number of aromatic nitrogens is 2. The van der Waals surface area contributed by atoms with Gasteiger partial charge in [0.15, 0.2) is 5.78 Å². The van der Waals surface area contributed by atoms with Gasteiger partial charge >= 0.3 is 0 Å². The zero-order valence-corrected chi connectivity index (χ0v) is 17.1. The van der Waals surface area contributed by atoms with Crippen LogP contribution < -0.4 is 15.6 Å². The molecule has 2 atom stereocenters. The minimum absolute atomic E-state index is 0.0883. The first-order chi connectivity index (χ1) is 14.7.